The van der Waals surface area contributed by atoms with Crippen LogP contribution in [0.3, 0.4) is 0 Å². The highest BCUT2D eigenvalue weighted by molar-refractivity contribution is 6.17. The molecule has 0 aliphatic heterocycles. The fourth-order valence-corrected chi connectivity index (χ4v) is 3.57. The maximum Gasteiger partial charge on any atom is 0.312 e. The molecule has 6 nitrogen and oxygen atoms in total. The first-order valence-corrected chi connectivity index (χ1v) is 9.15. The van der Waals surface area contributed by atoms with Gasteiger partial charge in [-0.05, 0) is 50.1 Å². The van der Waals surface area contributed by atoms with E-state index in [9.17, 15) is 4.79 Å². The smallest absolute Gasteiger partial charge is 0.312 e. The number of halogens is 1. The van der Waals surface area contributed by atoms with E-state index in [1.54, 1.807) is 7.05 Å². The SMILES string of the molecule is COC(=O)C(C)(C)C(c1ccc(N(C)N)c(N)c1)c1ccc(C)c(CCl)n1. The number of esters is 1. The molecule has 2 aromatic rings. The molecule has 7 heteroatoms. The number of hydrogen-bond acceptors (Lipinski definition) is 6. The van der Waals surface area contributed by atoms with Gasteiger partial charge in [-0.2, -0.15) is 0 Å². The summed E-state index contributed by atoms with van der Waals surface area (Å²) < 4.78 is 5.06. The third-order valence-electron chi connectivity index (χ3n) is 4.84. The number of pyridine rings is 1. The molecule has 0 aliphatic rings. The third kappa shape index (κ3) is 4.17. The largest absolute Gasteiger partial charge is 0.469 e. The second-order valence-corrected chi connectivity index (χ2v) is 7.48. The van der Waals surface area contributed by atoms with Gasteiger partial charge >= 0.3 is 5.97 Å². The highest BCUT2D eigenvalue weighted by atomic mass is 35.5. The van der Waals surface area contributed by atoms with Gasteiger partial charge in [-0.25, -0.2) is 5.84 Å². The number of rotatable bonds is 6. The Hall–Kier alpha value is -2.31. The Kier molecular flexibility index (Phi) is 6.34. The zero-order chi connectivity index (χ0) is 20.4. The van der Waals surface area contributed by atoms with E-state index in [1.807, 2.05) is 51.1 Å². The van der Waals surface area contributed by atoms with Crippen molar-refractivity contribution in [3.8, 4) is 0 Å². The van der Waals surface area contributed by atoms with Gasteiger partial charge in [0.25, 0.3) is 0 Å². The predicted octanol–water partition coefficient (Wildman–Crippen LogP) is 3.35. The van der Waals surface area contributed by atoms with Crippen molar-refractivity contribution >= 4 is 28.9 Å². The number of nitrogens with zero attached hydrogens (tertiary/aromatic N) is 2. The fourth-order valence-electron chi connectivity index (χ4n) is 3.30. The van der Waals surface area contributed by atoms with Gasteiger partial charge in [0, 0.05) is 18.7 Å². The average molecular weight is 391 g/mol. The second-order valence-electron chi connectivity index (χ2n) is 7.21. The molecule has 1 atom stereocenters. The third-order valence-corrected chi connectivity index (χ3v) is 5.10. The number of carbonyl (C=O) groups is 1. The quantitative estimate of drug-likeness (QED) is 0.258. The van der Waals surface area contributed by atoms with E-state index in [4.69, 9.17) is 32.9 Å². The van der Waals surface area contributed by atoms with Crippen molar-refractivity contribution in [1.82, 2.24) is 4.98 Å². The van der Waals surface area contributed by atoms with E-state index in [1.165, 1.54) is 12.1 Å². The Balaban J connectivity index is 2.68. The maximum atomic E-state index is 12.6. The average Bonchev–Trinajstić information content (AvgIpc) is 2.62. The summed E-state index contributed by atoms with van der Waals surface area (Å²) in [5, 5.41) is 1.45. The van der Waals surface area contributed by atoms with Crippen LogP contribution in [0.5, 0.6) is 0 Å². The molecule has 0 aliphatic carbocycles. The summed E-state index contributed by atoms with van der Waals surface area (Å²) in [6, 6.07) is 9.45. The van der Waals surface area contributed by atoms with Crippen LogP contribution in [0.25, 0.3) is 0 Å². The van der Waals surface area contributed by atoms with Crippen molar-refractivity contribution < 1.29 is 9.53 Å². The number of nitrogens with two attached hydrogens (primary N) is 2. The van der Waals surface area contributed by atoms with Crippen molar-refractivity contribution in [2.75, 3.05) is 24.9 Å². The fraction of sp³-hybridized carbons (Fsp3) is 0.400. The number of hydrogen-bond donors (Lipinski definition) is 2. The second kappa shape index (κ2) is 8.15. The van der Waals surface area contributed by atoms with Crippen molar-refractivity contribution in [1.29, 1.82) is 0 Å². The molecule has 2 rings (SSSR count). The molecule has 1 aromatic heterocycles. The molecular formula is C20H27ClN4O2. The summed E-state index contributed by atoms with van der Waals surface area (Å²) in [7, 11) is 3.10. The van der Waals surface area contributed by atoms with Gasteiger partial charge in [0.05, 0.1) is 35.5 Å². The van der Waals surface area contributed by atoms with Gasteiger partial charge in [0.1, 0.15) is 0 Å². The molecular weight excluding hydrogens is 364 g/mol. The Bertz CT molecular complexity index is 837. The number of ether oxygens (including phenoxy) is 1. The number of carbonyl (C=O) groups excluding carboxylic acids is 1. The van der Waals surface area contributed by atoms with E-state index in [2.05, 4.69) is 0 Å². The van der Waals surface area contributed by atoms with Crippen LogP contribution in [-0.2, 0) is 15.4 Å². The standard InChI is InChI=1S/C20H27ClN4O2/c1-12-6-8-15(24-16(12)11-21)18(20(2,3)19(26)27-5)13-7-9-17(25(4)23)14(22)10-13/h6-10,18H,11,22-23H2,1-5H3. The van der Waals surface area contributed by atoms with Crippen molar-refractivity contribution in [2.45, 2.75) is 32.6 Å². The summed E-state index contributed by atoms with van der Waals surface area (Å²) in [5.74, 6) is 5.41. The van der Waals surface area contributed by atoms with Gasteiger partial charge in [-0.15, -0.1) is 11.6 Å². The minimum absolute atomic E-state index is 0.296. The number of aryl methyl sites for hydroxylation is 1. The van der Waals surface area contributed by atoms with Crippen LogP contribution in [0.15, 0.2) is 30.3 Å². The number of alkyl halides is 1. The molecule has 4 N–H and O–H groups in total. The molecule has 0 saturated carbocycles. The monoisotopic (exact) mass is 390 g/mol. The summed E-state index contributed by atoms with van der Waals surface area (Å²) in [6.45, 7) is 5.63. The highest BCUT2D eigenvalue weighted by Crippen LogP contribution is 2.42. The van der Waals surface area contributed by atoms with Crippen LogP contribution < -0.4 is 16.6 Å². The zero-order valence-corrected chi connectivity index (χ0v) is 17.2. The van der Waals surface area contributed by atoms with Crippen molar-refractivity contribution in [2.24, 2.45) is 11.3 Å². The van der Waals surface area contributed by atoms with Crippen LogP contribution in [0.1, 0.15) is 42.3 Å². The van der Waals surface area contributed by atoms with E-state index in [0.717, 1.165) is 22.5 Å². The number of aromatic nitrogens is 1. The van der Waals surface area contributed by atoms with Crippen LogP contribution in [0, 0.1) is 12.3 Å². The molecule has 0 amide bonds. The van der Waals surface area contributed by atoms with Gasteiger partial charge in [-0.1, -0.05) is 12.1 Å². The van der Waals surface area contributed by atoms with Crippen LogP contribution in [-0.4, -0.2) is 25.1 Å². The number of nitrogen functional groups attached to an aromatic ring is 1. The Morgan fingerprint density at radius 1 is 1.33 bits per heavy atom. The van der Waals surface area contributed by atoms with Crippen molar-refractivity contribution in [3.63, 3.8) is 0 Å². The minimum atomic E-state index is -0.872. The van der Waals surface area contributed by atoms with Crippen LogP contribution in [0.2, 0.25) is 0 Å². The van der Waals surface area contributed by atoms with E-state index in [-0.39, 0.29) is 11.9 Å². The van der Waals surface area contributed by atoms with E-state index >= 15 is 0 Å². The van der Waals surface area contributed by atoms with Gasteiger partial charge in [-0.3, -0.25) is 9.78 Å². The minimum Gasteiger partial charge on any atom is -0.469 e. The predicted molar refractivity (Wildman–Crippen MR) is 110 cm³/mol. The lowest BCUT2D eigenvalue weighted by Gasteiger charge is -2.32. The first-order valence-electron chi connectivity index (χ1n) is 8.62. The summed E-state index contributed by atoms with van der Waals surface area (Å²) in [6.07, 6.45) is 0. The molecule has 146 valence electrons. The molecule has 1 aromatic carbocycles. The van der Waals surface area contributed by atoms with Gasteiger partial charge in [0.15, 0.2) is 0 Å². The lowest BCUT2D eigenvalue weighted by atomic mass is 9.72. The van der Waals surface area contributed by atoms with Gasteiger partial charge < -0.3 is 15.5 Å². The van der Waals surface area contributed by atoms with Crippen molar-refractivity contribution in [3.05, 3.63) is 52.8 Å². The molecule has 0 radical (unpaired) electrons. The summed E-state index contributed by atoms with van der Waals surface area (Å²) in [4.78, 5) is 17.3. The normalized spacial score (nSPS) is 12.6. The summed E-state index contributed by atoms with van der Waals surface area (Å²) in [5.41, 5.74) is 9.92. The molecule has 0 saturated heterocycles. The Morgan fingerprint density at radius 2 is 2.00 bits per heavy atom. The number of benzene rings is 1. The Labute approximate surface area is 165 Å². The topological polar surface area (TPSA) is 94.5 Å². The molecule has 27 heavy (non-hydrogen) atoms. The summed E-state index contributed by atoms with van der Waals surface area (Å²) >= 11 is 6.05. The lowest BCUT2D eigenvalue weighted by molar-refractivity contribution is -0.151. The molecule has 1 unspecified atom stereocenters. The maximum absolute atomic E-state index is 12.6. The number of methoxy groups -OCH3 is 1. The van der Waals surface area contributed by atoms with Crippen LogP contribution >= 0.6 is 11.6 Å². The van der Waals surface area contributed by atoms with E-state index < -0.39 is 5.41 Å². The lowest BCUT2D eigenvalue weighted by Crippen LogP contribution is -2.34. The molecule has 1 heterocycles. The molecule has 0 spiro atoms. The molecule has 0 fully saturated rings. The zero-order valence-electron chi connectivity index (χ0n) is 16.4. The first kappa shape index (κ1) is 21.0. The Morgan fingerprint density at radius 3 is 2.52 bits per heavy atom. The van der Waals surface area contributed by atoms with Gasteiger partial charge in [0.2, 0.25) is 0 Å². The number of hydrazine groups is 1. The molecule has 0 bridgehead atoms. The highest BCUT2D eigenvalue weighted by Gasteiger charge is 2.41. The number of anilines is 2. The van der Waals surface area contributed by atoms with E-state index in [0.29, 0.717) is 17.3 Å². The first-order chi connectivity index (χ1) is 12.6. The van der Waals surface area contributed by atoms with Crippen LogP contribution in [0.4, 0.5) is 11.4 Å².